The molecule has 6 nitrogen and oxygen atoms in total. The molecule has 0 fully saturated rings. The van der Waals surface area contributed by atoms with Crippen LogP contribution in [0.4, 0.5) is 10.5 Å². The van der Waals surface area contributed by atoms with E-state index in [0.717, 1.165) is 42.4 Å². The topological polar surface area (TPSA) is 59.4 Å². The van der Waals surface area contributed by atoms with E-state index < -0.39 is 6.09 Å². The Labute approximate surface area is 171 Å². The summed E-state index contributed by atoms with van der Waals surface area (Å²) in [6.45, 7) is 5.75. The monoisotopic (exact) mass is 402 g/mol. The van der Waals surface area contributed by atoms with Crippen LogP contribution in [-0.2, 0) is 0 Å². The number of carbonyl (C=O) groups is 1. The predicted octanol–water partition coefficient (Wildman–Crippen LogP) is 5.03. The van der Waals surface area contributed by atoms with Crippen molar-refractivity contribution in [1.82, 2.24) is 15.0 Å². The summed E-state index contributed by atoms with van der Waals surface area (Å²) in [5, 5.41) is 5.99. The maximum atomic E-state index is 11.9. The highest BCUT2D eigenvalue weighted by molar-refractivity contribution is 5.85. The highest BCUT2D eigenvalue weighted by Gasteiger charge is 2.12. The summed E-state index contributed by atoms with van der Waals surface area (Å²) in [4.78, 5) is 16.0. The van der Waals surface area contributed by atoms with Gasteiger partial charge in [-0.1, -0.05) is 20.3 Å². The zero-order valence-electron chi connectivity index (χ0n) is 16.3. The molecule has 0 unspecified atom stereocenters. The van der Waals surface area contributed by atoms with Gasteiger partial charge in [-0.3, -0.25) is 14.7 Å². The van der Waals surface area contributed by atoms with Crippen LogP contribution in [0.25, 0.3) is 10.9 Å². The summed E-state index contributed by atoms with van der Waals surface area (Å²) in [6, 6.07) is 11.7. The summed E-state index contributed by atoms with van der Waals surface area (Å²) < 4.78 is 7.51. The lowest BCUT2D eigenvalue weighted by molar-refractivity contribution is 0.200. The van der Waals surface area contributed by atoms with E-state index in [2.05, 4.69) is 33.8 Å². The number of halogens is 1. The van der Waals surface area contributed by atoms with Gasteiger partial charge in [-0.05, 0) is 49.2 Å². The Kier molecular flexibility index (Phi) is 8.14. The van der Waals surface area contributed by atoms with E-state index in [1.807, 2.05) is 42.6 Å². The van der Waals surface area contributed by atoms with E-state index in [1.165, 1.54) is 0 Å². The van der Waals surface area contributed by atoms with Crippen molar-refractivity contribution >= 4 is 35.1 Å². The summed E-state index contributed by atoms with van der Waals surface area (Å²) in [6.07, 6.45) is 8.21. The molecule has 0 spiro atoms. The number of pyridine rings is 1. The number of carbonyl (C=O) groups excluding carboxylic acids is 1. The lowest BCUT2D eigenvalue weighted by Gasteiger charge is -2.26. The summed E-state index contributed by atoms with van der Waals surface area (Å²) in [5.41, 5.74) is 2.14. The minimum absolute atomic E-state index is 0. The van der Waals surface area contributed by atoms with E-state index in [9.17, 15) is 4.79 Å². The number of hydrogen-bond acceptors (Lipinski definition) is 4. The highest BCUT2D eigenvalue weighted by Crippen LogP contribution is 2.25. The van der Waals surface area contributed by atoms with Crippen molar-refractivity contribution in [2.24, 2.45) is 0 Å². The first-order valence-corrected chi connectivity index (χ1v) is 9.47. The molecule has 0 atom stereocenters. The molecule has 28 heavy (non-hydrogen) atoms. The van der Waals surface area contributed by atoms with Gasteiger partial charge in [0, 0.05) is 37.1 Å². The largest absolute Gasteiger partial charge is 0.412 e. The van der Waals surface area contributed by atoms with Gasteiger partial charge >= 0.3 is 6.09 Å². The molecule has 2 aromatic heterocycles. The van der Waals surface area contributed by atoms with Crippen LogP contribution in [0.2, 0.25) is 0 Å². The van der Waals surface area contributed by atoms with Crippen molar-refractivity contribution in [1.29, 1.82) is 0 Å². The number of benzene rings is 1. The fourth-order valence-corrected chi connectivity index (χ4v) is 2.98. The van der Waals surface area contributed by atoms with Crippen molar-refractivity contribution in [3.63, 3.8) is 0 Å². The van der Waals surface area contributed by atoms with Gasteiger partial charge in [0.05, 0.1) is 11.2 Å². The molecule has 1 aromatic carbocycles. The number of amides is 1. The van der Waals surface area contributed by atoms with Crippen molar-refractivity contribution < 1.29 is 9.53 Å². The second-order valence-electron chi connectivity index (χ2n) is 6.38. The maximum Gasteiger partial charge on any atom is 0.412 e. The average molecular weight is 403 g/mol. The molecule has 1 N–H and O–H groups in total. The van der Waals surface area contributed by atoms with Crippen LogP contribution in [0.15, 0.2) is 55.0 Å². The fraction of sp³-hybridized carbons (Fsp3) is 0.333. The third-order valence-corrected chi connectivity index (χ3v) is 4.31. The molecule has 0 aliphatic rings. The summed E-state index contributed by atoms with van der Waals surface area (Å²) in [7, 11) is 0. The first kappa shape index (κ1) is 21.6. The Hall–Kier alpha value is -2.73. The van der Waals surface area contributed by atoms with Gasteiger partial charge in [0.2, 0.25) is 0 Å². The Morgan fingerprint density at radius 3 is 2.64 bits per heavy atom. The molecular formula is C21H27ClN4O2. The number of fused-ring (bicyclic) bond motifs is 1. The van der Waals surface area contributed by atoms with Crippen LogP contribution in [0.5, 0.6) is 5.75 Å². The van der Waals surface area contributed by atoms with Crippen molar-refractivity contribution in [2.45, 2.75) is 33.1 Å². The van der Waals surface area contributed by atoms with Crippen LogP contribution < -0.4 is 15.1 Å². The quantitative estimate of drug-likeness (QED) is 0.537. The first-order chi connectivity index (χ1) is 13.2. The van der Waals surface area contributed by atoms with Gasteiger partial charge in [-0.2, -0.15) is 0 Å². The Morgan fingerprint density at radius 1 is 1.14 bits per heavy atom. The van der Waals surface area contributed by atoms with Crippen LogP contribution in [0, 0.1) is 0 Å². The molecule has 0 saturated heterocycles. The number of aromatic nitrogens is 2. The van der Waals surface area contributed by atoms with Gasteiger partial charge in [0.25, 0.3) is 0 Å². The standard InChI is InChI=1S/C21H26N4O2.ClH/c1-3-5-11-23-21(26)27-19-6-7-20-17(16-19)10-15-25(20)24(14-4-2)18-8-12-22-13-9-18;/h6-10,12-13,15-16H,3-5,11,14H2,1-2H3,(H,23,26);1H. The SMILES string of the molecule is CCCCNC(=O)Oc1ccc2c(ccn2N(CCC)c2ccncc2)c1.Cl. The molecule has 0 bridgehead atoms. The first-order valence-electron chi connectivity index (χ1n) is 9.47. The van der Waals surface area contributed by atoms with Crippen molar-refractivity contribution in [3.8, 4) is 5.75 Å². The third-order valence-electron chi connectivity index (χ3n) is 4.31. The minimum Gasteiger partial charge on any atom is -0.410 e. The maximum absolute atomic E-state index is 11.9. The smallest absolute Gasteiger partial charge is 0.410 e. The van der Waals surface area contributed by atoms with E-state index in [-0.39, 0.29) is 12.4 Å². The van der Waals surface area contributed by atoms with Crippen LogP contribution in [0.1, 0.15) is 33.1 Å². The molecule has 1 amide bonds. The normalized spacial score (nSPS) is 10.4. The molecule has 0 saturated carbocycles. The van der Waals surface area contributed by atoms with Crippen LogP contribution in [-0.4, -0.2) is 28.8 Å². The number of anilines is 1. The number of unbranched alkanes of at least 4 members (excludes halogenated alkanes) is 1. The Balaban J connectivity index is 0.00000280. The zero-order chi connectivity index (χ0) is 19.1. The van der Waals surface area contributed by atoms with Gasteiger partial charge in [-0.15, -0.1) is 12.4 Å². The van der Waals surface area contributed by atoms with Crippen LogP contribution >= 0.6 is 12.4 Å². The molecule has 7 heteroatoms. The number of nitrogens with one attached hydrogen (secondary N) is 1. The van der Waals surface area contributed by atoms with E-state index in [4.69, 9.17) is 4.74 Å². The highest BCUT2D eigenvalue weighted by atomic mass is 35.5. The predicted molar refractivity (Wildman–Crippen MR) is 115 cm³/mol. The molecule has 3 aromatic rings. The second kappa shape index (κ2) is 10.6. The molecule has 0 aliphatic carbocycles. The minimum atomic E-state index is -0.411. The number of ether oxygens (including phenoxy) is 1. The molecule has 2 heterocycles. The van der Waals surface area contributed by atoms with Crippen molar-refractivity contribution in [2.75, 3.05) is 18.1 Å². The van der Waals surface area contributed by atoms with E-state index in [1.54, 1.807) is 12.4 Å². The lowest BCUT2D eigenvalue weighted by atomic mass is 10.2. The number of rotatable bonds is 8. The Bertz CT molecular complexity index is 883. The zero-order valence-corrected chi connectivity index (χ0v) is 17.1. The van der Waals surface area contributed by atoms with Crippen molar-refractivity contribution in [3.05, 3.63) is 55.0 Å². The molecule has 0 radical (unpaired) electrons. The van der Waals surface area contributed by atoms with E-state index in [0.29, 0.717) is 12.3 Å². The van der Waals surface area contributed by atoms with Gasteiger partial charge in [0.15, 0.2) is 0 Å². The number of nitrogens with zero attached hydrogens (tertiary/aromatic N) is 3. The lowest BCUT2D eigenvalue weighted by Crippen LogP contribution is -2.29. The average Bonchev–Trinajstić information content (AvgIpc) is 3.10. The molecule has 3 rings (SSSR count). The molecule has 0 aliphatic heterocycles. The van der Waals surface area contributed by atoms with Gasteiger partial charge in [-0.25, -0.2) is 4.79 Å². The number of hydrogen-bond donors (Lipinski definition) is 1. The fourth-order valence-electron chi connectivity index (χ4n) is 2.98. The van der Waals surface area contributed by atoms with Crippen LogP contribution in [0.3, 0.4) is 0 Å². The van der Waals surface area contributed by atoms with Gasteiger partial charge in [0.1, 0.15) is 5.75 Å². The van der Waals surface area contributed by atoms with Gasteiger partial charge < -0.3 is 10.1 Å². The second-order valence-corrected chi connectivity index (χ2v) is 6.38. The van der Waals surface area contributed by atoms with E-state index >= 15 is 0 Å². The summed E-state index contributed by atoms with van der Waals surface area (Å²) in [5.74, 6) is 0.542. The molecule has 150 valence electrons. The Morgan fingerprint density at radius 2 is 1.93 bits per heavy atom. The third kappa shape index (κ3) is 5.16. The summed E-state index contributed by atoms with van der Waals surface area (Å²) >= 11 is 0. The molecular weight excluding hydrogens is 376 g/mol.